The van der Waals surface area contributed by atoms with Crippen molar-refractivity contribution >= 4 is 40.3 Å². The number of nitrogens with one attached hydrogen (secondary N) is 3. The quantitative estimate of drug-likeness (QED) is 0.589. The minimum atomic E-state index is -0.287. The zero-order valence-corrected chi connectivity index (χ0v) is 12.3. The van der Waals surface area contributed by atoms with Gasteiger partial charge in [-0.25, -0.2) is 4.39 Å². The van der Waals surface area contributed by atoms with Crippen LogP contribution in [0.4, 0.5) is 15.8 Å². The molecule has 0 fully saturated rings. The summed E-state index contributed by atoms with van der Waals surface area (Å²) in [5.41, 5.74) is 8.17. The Morgan fingerprint density at radius 1 is 1.10 bits per heavy atom. The summed E-state index contributed by atoms with van der Waals surface area (Å²) in [6, 6.07) is 11.5. The van der Waals surface area contributed by atoms with Crippen LogP contribution in [-0.4, -0.2) is 5.11 Å². The molecule has 3 N–H and O–H groups in total. The Hall–Kier alpha value is -1.85. The Balaban J connectivity index is 1.89. The van der Waals surface area contributed by atoms with E-state index in [-0.39, 0.29) is 5.82 Å². The van der Waals surface area contributed by atoms with E-state index in [9.17, 15) is 4.39 Å². The summed E-state index contributed by atoms with van der Waals surface area (Å²) in [4.78, 5) is 0. The highest BCUT2D eigenvalue weighted by Gasteiger charge is 2.00. The molecule has 0 atom stereocenters. The Morgan fingerprint density at radius 3 is 2.40 bits per heavy atom. The molecule has 20 heavy (non-hydrogen) atoms. The largest absolute Gasteiger partial charge is 0.331 e. The van der Waals surface area contributed by atoms with Gasteiger partial charge in [0.15, 0.2) is 5.11 Å². The van der Waals surface area contributed by atoms with Gasteiger partial charge in [0.05, 0.1) is 5.69 Å². The van der Waals surface area contributed by atoms with Crippen molar-refractivity contribution in [1.29, 1.82) is 0 Å². The number of aryl methyl sites for hydroxylation is 1. The Labute approximate surface area is 127 Å². The van der Waals surface area contributed by atoms with Crippen LogP contribution in [-0.2, 0) is 0 Å². The van der Waals surface area contributed by atoms with Gasteiger partial charge >= 0.3 is 0 Å². The number of halogens is 2. The topological polar surface area (TPSA) is 36.1 Å². The molecule has 2 aromatic carbocycles. The monoisotopic (exact) mass is 309 g/mol. The molecule has 2 aromatic rings. The van der Waals surface area contributed by atoms with E-state index in [4.69, 9.17) is 23.8 Å². The first-order chi connectivity index (χ1) is 9.54. The lowest BCUT2D eigenvalue weighted by molar-refractivity contribution is 0.628. The molecule has 0 amide bonds. The van der Waals surface area contributed by atoms with Crippen molar-refractivity contribution in [2.45, 2.75) is 6.92 Å². The molecule has 0 aliphatic heterocycles. The van der Waals surface area contributed by atoms with Crippen molar-refractivity contribution < 1.29 is 4.39 Å². The molecule has 3 nitrogen and oxygen atoms in total. The van der Waals surface area contributed by atoms with Crippen LogP contribution in [0.2, 0.25) is 5.02 Å². The molecular formula is C14H13ClFN3S. The average molecular weight is 310 g/mol. The number of hydrazine groups is 1. The van der Waals surface area contributed by atoms with Crippen LogP contribution < -0.4 is 16.2 Å². The Bertz CT molecular complexity index is 616. The van der Waals surface area contributed by atoms with E-state index >= 15 is 0 Å². The SMILES string of the molecule is Cc1ccc(NC(=S)NNc2ccc(F)cc2)cc1Cl. The van der Waals surface area contributed by atoms with Crippen LogP contribution in [0.3, 0.4) is 0 Å². The number of anilines is 2. The van der Waals surface area contributed by atoms with Gasteiger partial charge < -0.3 is 5.32 Å². The lowest BCUT2D eigenvalue weighted by Crippen LogP contribution is -2.33. The van der Waals surface area contributed by atoms with Crippen LogP contribution in [0.25, 0.3) is 0 Å². The number of hydrogen-bond donors (Lipinski definition) is 3. The second-order valence-electron chi connectivity index (χ2n) is 4.17. The molecule has 0 aromatic heterocycles. The third-order valence-corrected chi connectivity index (χ3v) is 3.21. The third-order valence-electron chi connectivity index (χ3n) is 2.59. The summed E-state index contributed by atoms with van der Waals surface area (Å²) < 4.78 is 12.7. The normalized spacial score (nSPS) is 9.95. The molecule has 2 rings (SSSR count). The van der Waals surface area contributed by atoms with Gasteiger partial charge in [-0.3, -0.25) is 10.9 Å². The maximum atomic E-state index is 12.7. The zero-order chi connectivity index (χ0) is 14.5. The highest BCUT2D eigenvalue weighted by molar-refractivity contribution is 7.80. The smallest absolute Gasteiger partial charge is 0.189 e. The van der Waals surface area contributed by atoms with Crippen LogP contribution in [0, 0.1) is 12.7 Å². The third kappa shape index (κ3) is 4.08. The molecular weight excluding hydrogens is 297 g/mol. The van der Waals surface area contributed by atoms with E-state index in [0.29, 0.717) is 15.8 Å². The van der Waals surface area contributed by atoms with Gasteiger partial charge in [-0.15, -0.1) is 0 Å². The van der Waals surface area contributed by atoms with Crippen molar-refractivity contribution in [3.05, 3.63) is 58.9 Å². The van der Waals surface area contributed by atoms with E-state index < -0.39 is 0 Å². The molecule has 0 heterocycles. The van der Waals surface area contributed by atoms with Crippen molar-refractivity contribution in [3.63, 3.8) is 0 Å². The average Bonchev–Trinajstić information content (AvgIpc) is 2.42. The van der Waals surface area contributed by atoms with Crippen molar-refractivity contribution in [2.75, 3.05) is 10.7 Å². The van der Waals surface area contributed by atoms with Crippen LogP contribution in [0.1, 0.15) is 5.56 Å². The number of hydrogen-bond acceptors (Lipinski definition) is 2. The summed E-state index contributed by atoms with van der Waals surface area (Å²) in [5.74, 6) is -0.287. The first-order valence-electron chi connectivity index (χ1n) is 5.89. The standard InChI is InChI=1S/C14H13ClFN3S/c1-9-2-5-12(8-13(9)15)17-14(20)19-18-11-6-3-10(16)4-7-11/h2-8,18H,1H3,(H2,17,19,20). The van der Waals surface area contributed by atoms with Crippen LogP contribution in [0.15, 0.2) is 42.5 Å². The maximum Gasteiger partial charge on any atom is 0.189 e. The number of rotatable bonds is 3. The molecule has 0 spiro atoms. The molecule has 0 radical (unpaired) electrons. The molecule has 104 valence electrons. The second kappa shape index (κ2) is 6.54. The van der Waals surface area contributed by atoms with E-state index in [2.05, 4.69) is 16.2 Å². The van der Waals surface area contributed by atoms with E-state index in [1.54, 1.807) is 18.2 Å². The van der Waals surface area contributed by atoms with Gasteiger partial charge in [-0.2, -0.15) is 0 Å². The summed E-state index contributed by atoms with van der Waals surface area (Å²) in [7, 11) is 0. The van der Waals surface area contributed by atoms with Crippen molar-refractivity contribution in [2.24, 2.45) is 0 Å². The minimum Gasteiger partial charge on any atom is -0.331 e. The molecule has 0 saturated heterocycles. The van der Waals surface area contributed by atoms with Crippen LogP contribution >= 0.6 is 23.8 Å². The Kier molecular flexibility index (Phi) is 4.76. The molecule has 0 saturated carbocycles. The van der Waals surface area contributed by atoms with Gasteiger partial charge in [-0.05, 0) is 61.1 Å². The lowest BCUT2D eigenvalue weighted by Gasteiger charge is -2.13. The molecule has 0 unspecified atom stereocenters. The van der Waals surface area contributed by atoms with Gasteiger partial charge in [0.2, 0.25) is 0 Å². The minimum absolute atomic E-state index is 0.287. The highest BCUT2D eigenvalue weighted by Crippen LogP contribution is 2.19. The summed E-state index contributed by atoms with van der Waals surface area (Å²) in [6.07, 6.45) is 0. The van der Waals surface area contributed by atoms with Crippen molar-refractivity contribution in [3.8, 4) is 0 Å². The lowest BCUT2D eigenvalue weighted by atomic mass is 10.2. The second-order valence-corrected chi connectivity index (χ2v) is 4.99. The van der Waals surface area contributed by atoms with Gasteiger partial charge in [0, 0.05) is 10.7 Å². The first-order valence-corrected chi connectivity index (χ1v) is 6.68. The fourth-order valence-corrected chi connectivity index (χ4v) is 1.84. The first kappa shape index (κ1) is 14.6. The number of benzene rings is 2. The van der Waals surface area contributed by atoms with E-state index in [1.165, 1.54) is 12.1 Å². The van der Waals surface area contributed by atoms with Gasteiger partial charge in [0.25, 0.3) is 0 Å². The zero-order valence-electron chi connectivity index (χ0n) is 10.7. The number of thiocarbonyl (C=S) groups is 1. The van der Waals surface area contributed by atoms with Crippen molar-refractivity contribution in [1.82, 2.24) is 5.43 Å². The van der Waals surface area contributed by atoms with Gasteiger partial charge in [-0.1, -0.05) is 17.7 Å². The maximum absolute atomic E-state index is 12.7. The van der Waals surface area contributed by atoms with Crippen LogP contribution in [0.5, 0.6) is 0 Å². The summed E-state index contributed by atoms with van der Waals surface area (Å²) >= 11 is 11.2. The molecule has 0 bridgehead atoms. The molecule has 0 aliphatic rings. The molecule has 6 heteroatoms. The predicted molar refractivity (Wildman–Crippen MR) is 85.6 cm³/mol. The summed E-state index contributed by atoms with van der Waals surface area (Å²) in [5, 5.41) is 4.05. The highest BCUT2D eigenvalue weighted by atomic mass is 35.5. The fourth-order valence-electron chi connectivity index (χ4n) is 1.50. The summed E-state index contributed by atoms with van der Waals surface area (Å²) in [6.45, 7) is 1.93. The Morgan fingerprint density at radius 2 is 1.75 bits per heavy atom. The van der Waals surface area contributed by atoms with E-state index in [0.717, 1.165) is 11.3 Å². The van der Waals surface area contributed by atoms with Gasteiger partial charge in [0.1, 0.15) is 5.82 Å². The molecule has 0 aliphatic carbocycles. The predicted octanol–water partition coefficient (Wildman–Crippen LogP) is 4.10. The fraction of sp³-hybridized carbons (Fsp3) is 0.0714. The van der Waals surface area contributed by atoms with E-state index in [1.807, 2.05) is 19.1 Å².